The van der Waals surface area contributed by atoms with Crippen LogP contribution in [0.2, 0.25) is 0 Å². The number of nitrogens with zero attached hydrogens (tertiary/aromatic N) is 1. The molecule has 1 radical (unpaired) electrons. The Morgan fingerprint density at radius 1 is 1.45 bits per heavy atom. The number of rotatable bonds is 4. The Balaban J connectivity index is 0. The van der Waals surface area contributed by atoms with E-state index in [0.29, 0.717) is 13.1 Å². The van der Waals surface area contributed by atoms with Gasteiger partial charge < -0.3 is 16.3 Å². The van der Waals surface area contributed by atoms with Crippen molar-refractivity contribution < 1.29 is 4.84 Å². The van der Waals surface area contributed by atoms with Crippen LogP contribution in [0.25, 0.3) is 0 Å². The molecule has 0 unspecified atom stereocenters. The average Bonchev–Trinajstić information content (AvgIpc) is 1.91. The van der Waals surface area contributed by atoms with Crippen LogP contribution in [0.1, 0.15) is 6.92 Å². The van der Waals surface area contributed by atoms with E-state index in [4.69, 9.17) is 11.5 Å². The first kappa shape index (κ1) is 13.9. The fraction of sp³-hybridized carbons (Fsp3) is 0.833. The van der Waals surface area contributed by atoms with Crippen molar-refractivity contribution in [2.45, 2.75) is 6.92 Å². The van der Waals surface area contributed by atoms with Crippen LogP contribution < -0.4 is 11.5 Å². The van der Waals surface area contributed by atoms with Gasteiger partial charge in [0, 0.05) is 48.6 Å². The van der Waals surface area contributed by atoms with Crippen molar-refractivity contribution in [3.8, 4) is 0 Å². The molecule has 0 saturated carbocycles. The van der Waals surface area contributed by atoms with Gasteiger partial charge >= 0.3 is 0 Å². The summed E-state index contributed by atoms with van der Waals surface area (Å²) in [6, 6.07) is 0. The van der Waals surface area contributed by atoms with Crippen LogP contribution in [0.5, 0.6) is 0 Å². The second kappa shape index (κ2) is 8.49. The van der Waals surface area contributed by atoms with Crippen molar-refractivity contribution in [3.05, 3.63) is 0 Å². The number of nitrogens with two attached hydrogens (primary N) is 2. The number of oxime groups is 1. The van der Waals surface area contributed by atoms with Gasteiger partial charge in [-0.25, -0.2) is 0 Å². The van der Waals surface area contributed by atoms with Gasteiger partial charge in [0.25, 0.3) is 0 Å². The zero-order chi connectivity index (χ0) is 7.98. The van der Waals surface area contributed by atoms with E-state index in [-0.39, 0.29) is 35.5 Å². The van der Waals surface area contributed by atoms with Crippen LogP contribution in [-0.2, 0) is 4.84 Å². The molecule has 0 bridgehead atoms. The molecule has 11 heavy (non-hydrogen) atoms. The van der Waals surface area contributed by atoms with E-state index in [9.17, 15) is 0 Å². The van der Waals surface area contributed by atoms with Gasteiger partial charge in [0.1, 0.15) is 7.11 Å². The second-order valence-electron chi connectivity index (χ2n) is 2.08. The first-order valence-corrected chi connectivity index (χ1v) is 3.24. The minimum Gasteiger partial charge on any atom is -0.399 e. The topological polar surface area (TPSA) is 73.6 Å². The molecule has 0 heterocycles. The predicted molar refractivity (Wildman–Crippen MR) is 47.5 cm³/mol. The van der Waals surface area contributed by atoms with Crippen molar-refractivity contribution in [3.63, 3.8) is 0 Å². The molecular weight excluding hydrogens is 153 g/mol. The second-order valence-corrected chi connectivity index (χ2v) is 2.08. The third-order valence-electron chi connectivity index (χ3n) is 1.40. The fourth-order valence-corrected chi connectivity index (χ4v) is 0.656. The minimum atomic E-state index is 0. The van der Waals surface area contributed by atoms with Crippen molar-refractivity contribution in [1.82, 2.24) is 0 Å². The van der Waals surface area contributed by atoms with Gasteiger partial charge in [0.05, 0.1) is 5.71 Å². The monoisotopic (exact) mass is 168 g/mol. The van der Waals surface area contributed by atoms with Gasteiger partial charge in [-0.05, 0) is 6.92 Å². The summed E-state index contributed by atoms with van der Waals surface area (Å²) in [5.41, 5.74) is 11.7. The molecular formula is C6H15N3NaO. The third kappa shape index (κ3) is 5.64. The molecule has 4 N–H and O–H groups in total. The molecule has 61 valence electrons. The summed E-state index contributed by atoms with van der Waals surface area (Å²) in [4.78, 5) is 4.57. The smallest absolute Gasteiger partial charge is 0.106 e. The Morgan fingerprint density at radius 2 is 1.91 bits per heavy atom. The zero-order valence-electron chi connectivity index (χ0n) is 7.50. The molecule has 0 aromatic carbocycles. The van der Waals surface area contributed by atoms with Crippen molar-refractivity contribution in [2.24, 2.45) is 22.5 Å². The summed E-state index contributed by atoms with van der Waals surface area (Å²) in [5.74, 6) is 0.153. The normalized spacial score (nSPS) is 11.2. The molecule has 0 saturated heterocycles. The maximum Gasteiger partial charge on any atom is 0.106 e. The molecule has 0 atom stereocenters. The first-order valence-electron chi connectivity index (χ1n) is 3.24. The fourth-order valence-electron chi connectivity index (χ4n) is 0.656. The average molecular weight is 168 g/mol. The third-order valence-corrected chi connectivity index (χ3v) is 1.40. The standard InChI is InChI=1S/C6H15N3O.Na/c1-5(9-10-2)6(3-7)4-8;/h6H,3-4,7-8H2,1-2H3;. The molecule has 0 aromatic heterocycles. The van der Waals surface area contributed by atoms with Crippen LogP contribution in [0, 0.1) is 5.92 Å². The number of hydrogen-bond donors (Lipinski definition) is 2. The Kier molecular flexibility index (Phi) is 10.8. The molecule has 4 nitrogen and oxygen atoms in total. The van der Waals surface area contributed by atoms with Crippen LogP contribution in [0.4, 0.5) is 0 Å². The van der Waals surface area contributed by atoms with Gasteiger partial charge in [0.2, 0.25) is 0 Å². The summed E-state index contributed by atoms with van der Waals surface area (Å²) in [6.45, 7) is 2.90. The van der Waals surface area contributed by atoms with E-state index in [1.54, 1.807) is 0 Å². The molecule has 0 rings (SSSR count). The molecule has 0 amide bonds. The molecule has 0 spiro atoms. The largest absolute Gasteiger partial charge is 0.399 e. The number of hydrogen-bond acceptors (Lipinski definition) is 4. The summed E-state index contributed by atoms with van der Waals surface area (Å²) in [7, 11) is 1.51. The molecule has 0 fully saturated rings. The predicted octanol–water partition coefficient (Wildman–Crippen LogP) is -0.838. The van der Waals surface area contributed by atoms with E-state index in [1.165, 1.54) is 7.11 Å². The van der Waals surface area contributed by atoms with Crippen LogP contribution in [0.3, 0.4) is 0 Å². The van der Waals surface area contributed by atoms with Crippen LogP contribution >= 0.6 is 0 Å². The minimum absolute atomic E-state index is 0. The van der Waals surface area contributed by atoms with Crippen molar-refractivity contribution in [1.29, 1.82) is 0 Å². The Bertz CT molecular complexity index is 114. The van der Waals surface area contributed by atoms with Gasteiger partial charge in [-0.15, -0.1) is 0 Å². The quantitative estimate of drug-likeness (QED) is 0.326. The van der Waals surface area contributed by atoms with Gasteiger partial charge in [-0.3, -0.25) is 0 Å². The van der Waals surface area contributed by atoms with Gasteiger partial charge in [0.15, 0.2) is 0 Å². The molecule has 0 aliphatic heterocycles. The van der Waals surface area contributed by atoms with E-state index in [0.717, 1.165) is 5.71 Å². The summed E-state index contributed by atoms with van der Waals surface area (Å²) < 4.78 is 0. The van der Waals surface area contributed by atoms with E-state index in [1.807, 2.05) is 6.92 Å². The summed E-state index contributed by atoms with van der Waals surface area (Å²) in [5, 5.41) is 3.72. The molecule has 0 aliphatic carbocycles. The maximum absolute atomic E-state index is 5.40. The molecule has 0 aliphatic rings. The van der Waals surface area contributed by atoms with Crippen LogP contribution in [-0.4, -0.2) is 55.5 Å². The van der Waals surface area contributed by atoms with E-state index < -0.39 is 0 Å². The Hall–Kier alpha value is 0.390. The first-order chi connectivity index (χ1) is 4.76. The van der Waals surface area contributed by atoms with Gasteiger partial charge in [-0.2, -0.15) is 0 Å². The molecule has 5 heteroatoms. The van der Waals surface area contributed by atoms with E-state index >= 15 is 0 Å². The SMILES string of the molecule is CON=C(C)C(CN)CN.[Na]. The van der Waals surface area contributed by atoms with E-state index in [2.05, 4.69) is 9.99 Å². The zero-order valence-corrected chi connectivity index (χ0v) is 9.50. The Morgan fingerprint density at radius 3 is 2.18 bits per heavy atom. The van der Waals surface area contributed by atoms with Crippen LogP contribution in [0.15, 0.2) is 5.16 Å². The molecule has 0 aromatic rings. The maximum atomic E-state index is 5.40. The van der Waals surface area contributed by atoms with Gasteiger partial charge in [-0.1, -0.05) is 5.16 Å². The summed E-state index contributed by atoms with van der Waals surface area (Å²) in [6.07, 6.45) is 0. The van der Waals surface area contributed by atoms with Crippen molar-refractivity contribution >= 4 is 35.3 Å². The Labute approximate surface area is 89.6 Å². The van der Waals surface area contributed by atoms with Crippen molar-refractivity contribution in [2.75, 3.05) is 20.2 Å². The summed E-state index contributed by atoms with van der Waals surface area (Å²) >= 11 is 0.